The molecule has 1 amide bonds. The summed E-state index contributed by atoms with van der Waals surface area (Å²) in [5.41, 5.74) is 1.87. The molecule has 1 saturated heterocycles. The number of nitrogens with zero attached hydrogens (tertiary/aromatic N) is 3. The lowest BCUT2D eigenvalue weighted by molar-refractivity contribution is -0.140. The van der Waals surface area contributed by atoms with E-state index >= 15 is 0 Å². The van der Waals surface area contributed by atoms with Crippen LogP contribution in [0, 0.1) is 0 Å². The number of Topliss-reactive ketones (excluding diaryl/α,β-unsaturated/α-hetero) is 1. The van der Waals surface area contributed by atoms with Gasteiger partial charge in [0.15, 0.2) is 0 Å². The first-order chi connectivity index (χ1) is 14.6. The third-order valence-corrected chi connectivity index (χ3v) is 4.99. The number of aromatic nitrogens is 2. The molecule has 30 heavy (non-hydrogen) atoms. The van der Waals surface area contributed by atoms with Crippen molar-refractivity contribution in [1.29, 1.82) is 0 Å². The second kappa shape index (κ2) is 8.16. The zero-order valence-corrected chi connectivity index (χ0v) is 16.2. The molecule has 1 N–H and O–H groups in total. The van der Waals surface area contributed by atoms with E-state index in [-0.39, 0.29) is 17.9 Å². The molecule has 0 radical (unpaired) electrons. The summed E-state index contributed by atoms with van der Waals surface area (Å²) in [6, 6.07) is 13.0. The van der Waals surface area contributed by atoms with Gasteiger partial charge in [-0.05, 0) is 41.5 Å². The smallest absolute Gasteiger partial charge is 0.295 e. The van der Waals surface area contributed by atoms with Crippen LogP contribution in [0.5, 0.6) is 5.75 Å². The van der Waals surface area contributed by atoms with Crippen LogP contribution in [-0.2, 0) is 16.1 Å². The van der Waals surface area contributed by atoms with Gasteiger partial charge >= 0.3 is 0 Å². The van der Waals surface area contributed by atoms with E-state index in [0.717, 1.165) is 5.56 Å². The summed E-state index contributed by atoms with van der Waals surface area (Å²) < 4.78 is 5.22. The van der Waals surface area contributed by atoms with Gasteiger partial charge in [-0.1, -0.05) is 18.2 Å². The van der Waals surface area contributed by atoms with Crippen molar-refractivity contribution in [3.8, 4) is 5.75 Å². The Bertz CT molecular complexity index is 1110. The van der Waals surface area contributed by atoms with Crippen LogP contribution in [-0.4, -0.2) is 38.8 Å². The van der Waals surface area contributed by atoms with Gasteiger partial charge in [0.05, 0.1) is 18.7 Å². The number of likely N-dealkylation sites (tertiary alicyclic amines) is 1. The van der Waals surface area contributed by atoms with Gasteiger partial charge in [0.2, 0.25) is 0 Å². The molecular weight excluding hydrogens is 382 g/mol. The van der Waals surface area contributed by atoms with Gasteiger partial charge in [0, 0.05) is 36.9 Å². The monoisotopic (exact) mass is 401 g/mol. The number of aliphatic hydroxyl groups excluding tert-OH is 1. The minimum atomic E-state index is -0.766. The number of ketones is 1. The molecule has 0 spiro atoms. The van der Waals surface area contributed by atoms with Crippen LogP contribution < -0.4 is 4.74 Å². The molecule has 7 nitrogen and oxygen atoms in total. The van der Waals surface area contributed by atoms with Gasteiger partial charge in [-0.25, -0.2) is 0 Å². The van der Waals surface area contributed by atoms with E-state index in [1.54, 1.807) is 73.3 Å². The SMILES string of the molecule is COc1cccc(C(O)=C2C(=O)C(=O)N(Cc3ccncc3)C2c2cccnc2)c1. The number of hydrogen-bond acceptors (Lipinski definition) is 6. The molecule has 1 aliphatic heterocycles. The van der Waals surface area contributed by atoms with Crippen molar-refractivity contribution in [2.75, 3.05) is 7.11 Å². The average molecular weight is 401 g/mol. The Morgan fingerprint density at radius 3 is 2.57 bits per heavy atom. The lowest BCUT2D eigenvalue weighted by Gasteiger charge is -2.25. The molecule has 3 aromatic rings. The summed E-state index contributed by atoms with van der Waals surface area (Å²) in [6.45, 7) is 0.196. The lowest BCUT2D eigenvalue weighted by Crippen LogP contribution is -2.29. The van der Waals surface area contributed by atoms with Crippen molar-refractivity contribution < 1.29 is 19.4 Å². The Labute approximate surface area is 173 Å². The molecule has 0 bridgehead atoms. The number of amides is 1. The Balaban J connectivity index is 1.85. The number of rotatable bonds is 5. The molecule has 7 heteroatoms. The fourth-order valence-electron chi connectivity index (χ4n) is 3.54. The van der Waals surface area contributed by atoms with Crippen molar-refractivity contribution in [1.82, 2.24) is 14.9 Å². The summed E-state index contributed by atoms with van der Waals surface area (Å²) in [4.78, 5) is 35.5. The molecule has 1 atom stereocenters. The highest BCUT2D eigenvalue weighted by Gasteiger charge is 2.46. The number of benzene rings is 1. The van der Waals surface area contributed by atoms with Gasteiger partial charge in [0.25, 0.3) is 11.7 Å². The Hall–Kier alpha value is -4.00. The first-order valence-corrected chi connectivity index (χ1v) is 9.32. The van der Waals surface area contributed by atoms with Gasteiger partial charge in [0.1, 0.15) is 11.5 Å². The first-order valence-electron chi connectivity index (χ1n) is 9.32. The van der Waals surface area contributed by atoms with Gasteiger partial charge < -0.3 is 14.7 Å². The van der Waals surface area contributed by atoms with Crippen LogP contribution >= 0.6 is 0 Å². The van der Waals surface area contributed by atoms with Crippen LogP contribution in [0.25, 0.3) is 5.76 Å². The number of carbonyl (C=O) groups excluding carboxylic acids is 2. The number of hydrogen-bond donors (Lipinski definition) is 1. The molecular formula is C23H19N3O4. The minimum absolute atomic E-state index is 0.0234. The van der Waals surface area contributed by atoms with E-state index in [2.05, 4.69) is 9.97 Å². The number of ether oxygens (including phenoxy) is 1. The van der Waals surface area contributed by atoms with Crippen LogP contribution in [0.15, 0.2) is 78.9 Å². The summed E-state index contributed by atoms with van der Waals surface area (Å²) >= 11 is 0. The Morgan fingerprint density at radius 2 is 1.87 bits per heavy atom. The van der Waals surface area contributed by atoms with Crippen molar-refractivity contribution in [2.45, 2.75) is 12.6 Å². The highest BCUT2D eigenvalue weighted by molar-refractivity contribution is 6.46. The fourth-order valence-corrected chi connectivity index (χ4v) is 3.54. The van der Waals surface area contributed by atoms with Crippen LogP contribution in [0.1, 0.15) is 22.7 Å². The second-order valence-electron chi connectivity index (χ2n) is 6.80. The zero-order chi connectivity index (χ0) is 21.1. The maximum absolute atomic E-state index is 13.0. The molecule has 0 aliphatic carbocycles. The highest BCUT2D eigenvalue weighted by Crippen LogP contribution is 2.40. The standard InChI is InChI=1S/C23H19N3O4/c1-30-18-6-2-4-16(12-18)21(27)19-20(17-5-3-9-25-13-17)26(23(29)22(19)28)14-15-7-10-24-11-8-15/h2-13,20,27H,14H2,1H3. The minimum Gasteiger partial charge on any atom is -0.507 e. The van der Waals surface area contributed by atoms with Gasteiger partial charge in [-0.2, -0.15) is 0 Å². The van der Waals surface area contributed by atoms with Crippen molar-refractivity contribution in [3.05, 3.63) is 95.6 Å². The molecule has 4 rings (SSSR count). The molecule has 1 aromatic carbocycles. The predicted molar refractivity (Wildman–Crippen MR) is 109 cm³/mol. The third-order valence-electron chi connectivity index (χ3n) is 4.99. The van der Waals surface area contributed by atoms with Gasteiger partial charge in [-0.3, -0.25) is 19.6 Å². The number of methoxy groups -OCH3 is 1. The summed E-state index contributed by atoms with van der Waals surface area (Å²) in [5.74, 6) is -1.13. The van der Waals surface area contributed by atoms with E-state index in [4.69, 9.17) is 4.74 Å². The maximum Gasteiger partial charge on any atom is 0.295 e. The highest BCUT2D eigenvalue weighted by atomic mass is 16.5. The Kier molecular flexibility index (Phi) is 5.26. The summed E-state index contributed by atoms with van der Waals surface area (Å²) in [7, 11) is 1.52. The molecule has 150 valence electrons. The third kappa shape index (κ3) is 3.53. The maximum atomic E-state index is 13.0. The van der Waals surface area contributed by atoms with E-state index in [1.165, 1.54) is 12.0 Å². The van der Waals surface area contributed by atoms with E-state index in [9.17, 15) is 14.7 Å². The van der Waals surface area contributed by atoms with Crippen LogP contribution in [0.3, 0.4) is 0 Å². The Morgan fingerprint density at radius 1 is 1.07 bits per heavy atom. The largest absolute Gasteiger partial charge is 0.507 e. The van der Waals surface area contributed by atoms with E-state index in [1.807, 2.05) is 0 Å². The van der Waals surface area contributed by atoms with Crippen molar-refractivity contribution >= 4 is 17.4 Å². The fraction of sp³-hybridized carbons (Fsp3) is 0.130. The average Bonchev–Trinajstić information content (AvgIpc) is 3.05. The van der Waals surface area contributed by atoms with E-state index in [0.29, 0.717) is 16.9 Å². The topological polar surface area (TPSA) is 92.6 Å². The quantitative estimate of drug-likeness (QED) is 0.401. The molecule has 1 unspecified atom stereocenters. The van der Waals surface area contributed by atoms with Crippen molar-refractivity contribution in [3.63, 3.8) is 0 Å². The lowest BCUT2D eigenvalue weighted by atomic mass is 9.96. The molecule has 3 heterocycles. The second-order valence-corrected chi connectivity index (χ2v) is 6.80. The molecule has 0 saturated carbocycles. The zero-order valence-electron chi connectivity index (χ0n) is 16.2. The van der Waals surface area contributed by atoms with E-state index < -0.39 is 17.7 Å². The molecule has 2 aromatic heterocycles. The number of carbonyl (C=O) groups is 2. The van der Waals surface area contributed by atoms with Crippen LogP contribution in [0.4, 0.5) is 0 Å². The predicted octanol–water partition coefficient (Wildman–Crippen LogP) is 3.11. The normalized spacial score (nSPS) is 17.9. The first kappa shape index (κ1) is 19.3. The van der Waals surface area contributed by atoms with Crippen LogP contribution in [0.2, 0.25) is 0 Å². The summed E-state index contributed by atoms with van der Waals surface area (Å²) in [6.07, 6.45) is 6.46. The number of pyridine rings is 2. The molecule has 1 fully saturated rings. The molecule has 1 aliphatic rings. The van der Waals surface area contributed by atoms with Gasteiger partial charge in [-0.15, -0.1) is 0 Å². The summed E-state index contributed by atoms with van der Waals surface area (Å²) in [5, 5.41) is 11.0. The number of aliphatic hydroxyl groups is 1. The van der Waals surface area contributed by atoms with Crippen molar-refractivity contribution in [2.24, 2.45) is 0 Å².